The Morgan fingerprint density at radius 3 is 2.94 bits per heavy atom. The Labute approximate surface area is 105 Å². The van der Waals surface area contributed by atoms with Crippen molar-refractivity contribution in [3.63, 3.8) is 0 Å². The highest BCUT2D eigenvalue weighted by Crippen LogP contribution is 2.15. The van der Waals surface area contributed by atoms with Crippen molar-refractivity contribution in [3.05, 3.63) is 29.8 Å². The van der Waals surface area contributed by atoms with Crippen LogP contribution in [0, 0.1) is 5.92 Å². The molecule has 1 heterocycles. The zero-order valence-corrected chi connectivity index (χ0v) is 9.98. The lowest BCUT2D eigenvalue weighted by atomic mass is 10.0. The van der Waals surface area contributed by atoms with Crippen LogP contribution in [-0.2, 0) is 4.79 Å². The van der Waals surface area contributed by atoms with Crippen molar-refractivity contribution in [1.29, 1.82) is 0 Å². The summed E-state index contributed by atoms with van der Waals surface area (Å²) in [6, 6.07) is 6.28. The van der Waals surface area contributed by atoms with E-state index in [0.29, 0.717) is 18.0 Å². The molecule has 5 heteroatoms. The van der Waals surface area contributed by atoms with Gasteiger partial charge in [0.25, 0.3) is 0 Å². The highest BCUT2D eigenvalue weighted by molar-refractivity contribution is 5.93. The van der Waals surface area contributed by atoms with E-state index >= 15 is 0 Å². The van der Waals surface area contributed by atoms with Crippen molar-refractivity contribution >= 4 is 17.6 Å². The van der Waals surface area contributed by atoms with Gasteiger partial charge in [0, 0.05) is 12.1 Å². The van der Waals surface area contributed by atoms with E-state index in [0.717, 1.165) is 19.5 Å². The number of carbonyl (C=O) groups is 2. The van der Waals surface area contributed by atoms with Gasteiger partial charge in [-0.1, -0.05) is 6.07 Å². The third kappa shape index (κ3) is 3.30. The largest absolute Gasteiger partial charge is 0.478 e. The highest BCUT2D eigenvalue weighted by Gasteiger charge is 2.18. The average molecular weight is 248 g/mol. The van der Waals surface area contributed by atoms with E-state index in [-0.39, 0.29) is 11.5 Å². The molecule has 1 aliphatic heterocycles. The minimum absolute atomic E-state index is 0.0637. The SMILES string of the molecule is O=C(CC1CCNC1)Nc1cccc(C(=O)O)c1. The van der Waals surface area contributed by atoms with Crippen molar-refractivity contribution in [2.24, 2.45) is 5.92 Å². The van der Waals surface area contributed by atoms with Gasteiger partial charge in [-0.3, -0.25) is 4.79 Å². The Balaban J connectivity index is 1.93. The Bertz CT molecular complexity index is 453. The fourth-order valence-corrected chi connectivity index (χ4v) is 2.09. The number of benzene rings is 1. The van der Waals surface area contributed by atoms with Gasteiger partial charge in [0.05, 0.1) is 5.56 Å². The molecule has 1 amide bonds. The summed E-state index contributed by atoms with van der Waals surface area (Å²) >= 11 is 0. The van der Waals surface area contributed by atoms with Crippen molar-refractivity contribution in [3.8, 4) is 0 Å². The normalized spacial score (nSPS) is 18.6. The number of carboxylic acids is 1. The molecule has 3 N–H and O–H groups in total. The van der Waals surface area contributed by atoms with Crippen molar-refractivity contribution in [1.82, 2.24) is 5.32 Å². The number of rotatable bonds is 4. The third-order valence-corrected chi connectivity index (χ3v) is 3.03. The lowest BCUT2D eigenvalue weighted by Gasteiger charge is -2.09. The van der Waals surface area contributed by atoms with E-state index < -0.39 is 5.97 Å². The second kappa shape index (κ2) is 5.64. The van der Waals surface area contributed by atoms with E-state index in [2.05, 4.69) is 10.6 Å². The number of nitrogens with one attached hydrogen (secondary N) is 2. The van der Waals surface area contributed by atoms with Gasteiger partial charge in [-0.2, -0.15) is 0 Å². The summed E-state index contributed by atoms with van der Waals surface area (Å²) in [7, 11) is 0. The van der Waals surface area contributed by atoms with Crippen LogP contribution in [-0.4, -0.2) is 30.1 Å². The van der Waals surface area contributed by atoms with Crippen LogP contribution in [0.4, 0.5) is 5.69 Å². The van der Waals surface area contributed by atoms with Gasteiger partial charge in [-0.05, 0) is 43.6 Å². The van der Waals surface area contributed by atoms with Gasteiger partial charge in [-0.25, -0.2) is 4.79 Å². The molecule has 1 atom stereocenters. The van der Waals surface area contributed by atoms with Crippen LogP contribution in [0.5, 0.6) is 0 Å². The van der Waals surface area contributed by atoms with E-state index in [1.54, 1.807) is 12.1 Å². The maximum Gasteiger partial charge on any atom is 0.335 e. The second-order valence-electron chi connectivity index (χ2n) is 4.50. The predicted molar refractivity (Wildman–Crippen MR) is 67.6 cm³/mol. The van der Waals surface area contributed by atoms with Gasteiger partial charge < -0.3 is 15.7 Å². The van der Waals surface area contributed by atoms with Crippen molar-refractivity contribution in [2.45, 2.75) is 12.8 Å². The summed E-state index contributed by atoms with van der Waals surface area (Å²) in [6.07, 6.45) is 1.49. The molecule has 1 aromatic carbocycles. The summed E-state index contributed by atoms with van der Waals surface area (Å²) in [5, 5.41) is 14.8. The minimum atomic E-state index is -0.994. The third-order valence-electron chi connectivity index (χ3n) is 3.03. The van der Waals surface area contributed by atoms with Crippen LogP contribution in [0.2, 0.25) is 0 Å². The molecule has 5 nitrogen and oxygen atoms in total. The first-order valence-electron chi connectivity index (χ1n) is 5.99. The molecule has 0 radical (unpaired) electrons. The molecule has 18 heavy (non-hydrogen) atoms. The van der Waals surface area contributed by atoms with Crippen LogP contribution in [0.15, 0.2) is 24.3 Å². The Morgan fingerprint density at radius 2 is 2.28 bits per heavy atom. The number of carboxylic acid groups (broad SMARTS) is 1. The molecule has 0 aromatic heterocycles. The lowest BCUT2D eigenvalue weighted by Crippen LogP contribution is -2.18. The fraction of sp³-hybridized carbons (Fsp3) is 0.385. The minimum Gasteiger partial charge on any atom is -0.478 e. The summed E-state index contributed by atoms with van der Waals surface area (Å²) < 4.78 is 0. The first-order chi connectivity index (χ1) is 8.65. The Kier molecular flexibility index (Phi) is 3.94. The highest BCUT2D eigenvalue weighted by atomic mass is 16.4. The van der Waals surface area contributed by atoms with E-state index in [9.17, 15) is 9.59 Å². The topological polar surface area (TPSA) is 78.4 Å². The monoisotopic (exact) mass is 248 g/mol. The van der Waals surface area contributed by atoms with Crippen LogP contribution in [0.3, 0.4) is 0 Å². The van der Waals surface area contributed by atoms with Crippen molar-refractivity contribution < 1.29 is 14.7 Å². The van der Waals surface area contributed by atoms with Crippen molar-refractivity contribution in [2.75, 3.05) is 18.4 Å². The molecule has 1 unspecified atom stereocenters. The van der Waals surface area contributed by atoms with Crippen LogP contribution >= 0.6 is 0 Å². The van der Waals surface area contributed by atoms with E-state index in [1.165, 1.54) is 12.1 Å². The standard InChI is InChI=1S/C13H16N2O3/c16-12(6-9-4-5-14-8-9)15-11-3-1-2-10(7-11)13(17)18/h1-3,7,9,14H,4-6,8H2,(H,15,16)(H,17,18). The summed E-state index contributed by atoms with van der Waals surface area (Å²) in [5.74, 6) is -0.676. The number of anilines is 1. The van der Waals surface area contributed by atoms with Gasteiger partial charge in [0.2, 0.25) is 5.91 Å². The average Bonchev–Trinajstić information content (AvgIpc) is 2.82. The number of hydrogen-bond acceptors (Lipinski definition) is 3. The zero-order valence-electron chi connectivity index (χ0n) is 9.98. The molecule has 1 aliphatic rings. The molecule has 0 spiro atoms. The summed E-state index contributed by atoms with van der Waals surface area (Å²) in [4.78, 5) is 22.6. The summed E-state index contributed by atoms with van der Waals surface area (Å²) in [6.45, 7) is 1.84. The molecule has 0 saturated carbocycles. The molecule has 0 aliphatic carbocycles. The maximum atomic E-state index is 11.8. The number of amides is 1. The Morgan fingerprint density at radius 1 is 1.44 bits per heavy atom. The number of aromatic carboxylic acids is 1. The number of hydrogen-bond donors (Lipinski definition) is 3. The predicted octanol–water partition coefficient (Wildman–Crippen LogP) is 1.32. The van der Waals surface area contributed by atoms with Gasteiger partial charge in [-0.15, -0.1) is 0 Å². The molecular formula is C13H16N2O3. The molecule has 1 fully saturated rings. The first kappa shape index (κ1) is 12.6. The molecule has 96 valence electrons. The molecule has 0 bridgehead atoms. The van der Waals surface area contributed by atoms with Crippen LogP contribution < -0.4 is 10.6 Å². The smallest absolute Gasteiger partial charge is 0.335 e. The quantitative estimate of drug-likeness (QED) is 0.751. The second-order valence-corrected chi connectivity index (χ2v) is 4.50. The first-order valence-corrected chi connectivity index (χ1v) is 5.99. The van der Waals surface area contributed by atoms with E-state index in [1.807, 2.05) is 0 Å². The van der Waals surface area contributed by atoms with E-state index in [4.69, 9.17) is 5.11 Å². The fourth-order valence-electron chi connectivity index (χ4n) is 2.09. The molecule has 2 rings (SSSR count). The van der Waals surface area contributed by atoms with Crippen LogP contribution in [0.1, 0.15) is 23.2 Å². The number of carbonyl (C=O) groups excluding carboxylic acids is 1. The lowest BCUT2D eigenvalue weighted by molar-refractivity contribution is -0.116. The zero-order chi connectivity index (χ0) is 13.0. The Hall–Kier alpha value is -1.88. The van der Waals surface area contributed by atoms with Gasteiger partial charge in [0.15, 0.2) is 0 Å². The summed E-state index contributed by atoms with van der Waals surface area (Å²) in [5.41, 5.74) is 0.709. The van der Waals surface area contributed by atoms with Gasteiger partial charge >= 0.3 is 5.97 Å². The molecule has 1 aromatic rings. The molecule has 1 saturated heterocycles. The van der Waals surface area contributed by atoms with Gasteiger partial charge in [0.1, 0.15) is 0 Å². The molecular weight excluding hydrogens is 232 g/mol. The maximum absolute atomic E-state index is 11.8. The van der Waals surface area contributed by atoms with Crippen LogP contribution in [0.25, 0.3) is 0 Å².